The number of ketones is 1. The Morgan fingerprint density at radius 2 is 1.59 bits per heavy atom. The topological polar surface area (TPSA) is 17.1 Å². The molecule has 1 aromatic carbocycles. The predicted octanol–water partition coefficient (Wildman–Crippen LogP) is 4.72. The number of rotatable bonds is 7. The summed E-state index contributed by atoms with van der Waals surface area (Å²) in [5, 5.41) is 0. The van der Waals surface area contributed by atoms with Crippen molar-refractivity contribution in [2.24, 2.45) is 11.8 Å². The molecular weight excluding hydrogens is 208 g/mol. The Morgan fingerprint density at radius 3 is 2.06 bits per heavy atom. The third-order valence-corrected chi connectivity index (χ3v) is 3.50. The molecule has 1 atom stereocenters. The molecule has 0 aliphatic rings. The lowest BCUT2D eigenvalue weighted by Gasteiger charge is -2.22. The van der Waals surface area contributed by atoms with Gasteiger partial charge in [0.15, 0.2) is 5.78 Å². The van der Waals surface area contributed by atoms with E-state index >= 15 is 0 Å². The summed E-state index contributed by atoms with van der Waals surface area (Å²) < 4.78 is 0. The van der Waals surface area contributed by atoms with Crippen LogP contribution >= 0.6 is 0 Å². The summed E-state index contributed by atoms with van der Waals surface area (Å²) in [7, 11) is 0. The number of carbonyl (C=O) groups excluding carboxylic acids is 1. The zero-order valence-electron chi connectivity index (χ0n) is 11.3. The summed E-state index contributed by atoms with van der Waals surface area (Å²) in [6.45, 7) is 6.48. The molecule has 1 aromatic rings. The fraction of sp³-hybridized carbons (Fsp3) is 0.562. The van der Waals surface area contributed by atoms with Crippen LogP contribution in [0.15, 0.2) is 30.3 Å². The number of hydrogen-bond acceptors (Lipinski definition) is 1. The molecule has 1 nitrogen and oxygen atoms in total. The second-order valence-electron chi connectivity index (χ2n) is 4.86. The Hall–Kier alpha value is -1.11. The van der Waals surface area contributed by atoms with Crippen molar-refractivity contribution < 1.29 is 4.79 Å². The van der Waals surface area contributed by atoms with Crippen LogP contribution in [-0.4, -0.2) is 5.78 Å². The molecule has 0 aliphatic heterocycles. The molecule has 1 unspecified atom stereocenters. The number of benzene rings is 1. The van der Waals surface area contributed by atoms with E-state index in [4.69, 9.17) is 0 Å². The van der Waals surface area contributed by atoms with Crippen LogP contribution < -0.4 is 0 Å². The summed E-state index contributed by atoms with van der Waals surface area (Å²) in [6.07, 6.45) is 4.65. The first-order chi connectivity index (χ1) is 8.20. The summed E-state index contributed by atoms with van der Waals surface area (Å²) in [6, 6.07) is 9.68. The maximum absolute atomic E-state index is 12.3. The van der Waals surface area contributed by atoms with Crippen molar-refractivity contribution in [3.63, 3.8) is 0 Å². The van der Waals surface area contributed by atoms with Crippen LogP contribution in [0.4, 0.5) is 0 Å². The molecule has 0 amide bonds. The second kappa shape index (κ2) is 7.26. The standard InChI is InChI=1S/C16H24O/c1-4-9-14(10-5-2)13(3)16(17)15-11-7-6-8-12-15/h6-8,11-14H,4-5,9-10H2,1-3H3. The van der Waals surface area contributed by atoms with E-state index in [0.29, 0.717) is 11.7 Å². The first-order valence-corrected chi connectivity index (χ1v) is 6.79. The minimum atomic E-state index is 0.150. The van der Waals surface area contributed by atoms with E-state index in [-0.39, 0.29) is 5.92 Å². The van der Waals surface area contributed by atoms with E-state index in [1.807, 2.05) is 30.3 Å². The Kier molecular flexibility index (Phi) is 5.96. The smallest absolute Gasteiger partial charge is 0.165 e. The average Bonchev–Trinajstić information content (AvgIpc) is 2.38. The molecule has 0 saturated heterocycles. The molecule has 0 aliphatic carbocycles. The van der Waals surface area contributed by atoms with Gasteiger partial charge in [-0.2, -0.15) is 0 Å². The van der Waals surface area contributed by atoms with Crippen molar-refractivity contribution in [1.29, 1.82) is 0 Å². The van der Waals surface area contributed by atoms with Gasteiger partial charge in [-0.05, 0) is 5.92 Å². The molecule has 0 saturated carbocycles. The summed E-state index contributed by atoms with van der Waals surface area (Å²) in [5.41, 5.74) is 0.859. The number of carbonyl (C=O) groups is 1. The van der Waals surface area contributed by atoms with E-state index in [1.165, 1.54) is 0 Å². The molecule has 1 heteroatoms. The van der Waals surface area contributed by atoms with Gasteiger partial charge in [0.05, 0.1) is 0 Å². The zero-order chi connectivity index (χ0) is 12.7. The van der Waals surface area contributed by atoms with Crippen LogP contribution in [0.1, 0.15) is 56.8 Å². The van der Waals surface area contributed by atoms with Gasteiger partial charge in [0, 0.05) is 11.5 Å². The van der Waals surface area contributed by atoms with Crippen molar-refractivity contribution in [2.45, 2.75) is 46.5 Å². The minimum absolute atomic E-state index is 0.150. The quantitative estimate of drug-likeness (QED) is 0.621. The molecule has 94 valence electrons. The molecule has 0 aromatic heterocycles. The van der Waals surface area contributed by atoms with Gasteiger partial charge in [0.1, 0.15) is 0 Å². The molecule has 0 bridgehead atoms. The van der Waals surface area contributed by atoms with E-state index in [9.17, 15) is 4.79 Å². The van der Waals surface area contributed by atoms with Crippen molar-refractivity contribution in [1.82, 2.24) is 0 Å². The van der Waals surface area contributed by atoms with Gasteiger partial charge in [0.2, 0.25) is 0 Å². The van der Waals surface area contributed by atoms with E-state index in [2.05, 4.69) is 20.8 Å². The monoisotopic (exact) mass is 232 g/mol. The van der Waals surface area contributed by atoms with E-state index in [1.54, 1.807) is 0 Å². The van der Waals surface area contributed by atoms with Crippen molar-refractivity contribution in [2.75, 3.05) is 0 Å². The maximum atomic E-state index is 12.3. The summed E-state index contributed by atoms with van der Waals surface area (Å²) in [5.74, 6) is 0.993. The van der Waals surface area contributed by atoms with Crippen molar-refractivity contribution >= 4 is 5.78 Å². The highest BCUT2D eigenvalue weighted by Crippen LogP contribution is 2.25. The molecule has 17 heavy (non-hydrogen) atoms. The first kappa shape index (κ1) is 14.0. The van der Waals surface area contributed by atoms with Gasteiger partial charge < -0.3 is 0 Å². The third-order valence-electron chi connectivity index (χ3n) is 3.50. The average molecular weight is 232 g/mol. The van der Waals surface area contributed by atoms with Crippen LogP contribution in [0.25, 0.3) is 0 Å². The lowest BCUT2D eigenvalue weighted by molar-refractivity contribution is 0.0875. The molecule has 0 N–H and O–H groups in total. The number of Topliss-reactive ketones (excluding diaryl/α,β-unsaturated/α-hetero) is 1. The summed E-state index contributed by atoms with van der Waals surface area (Å²) >= 11 is 0. The van der Waals surface area contributed by atoms with Crippen molar-refractivity contribution in [3.05, 3.63) is 35.9 Å². The first-order valence-electron chi connectivity index (χ1n) is 6.79. The Bertz CT molecular complexity index is 323. The summed E-state index contributed by atoms with van der Waals surface area (Å²) in [4.78, 5) is 12.3. The minimum Gasteiger partial charge on any atom is -0.294 e. The van der Waals surface area contributed by atoms with Gasteiger partial charge >= 0.3 is 0 Å². The maximum Gasteiger partial charge on any atom is 0.165 e. The Morgan fingerprint density at radius 1 is 1.06 bits per heavy atom. The highest BCUT2D eigenvalue weighted by molar-refractivity contribution is 5.97. The van der Waals surface area contributed by atoms with E-state index in [0.717, 1.165) is 31.2 Å². The highest BCUT2D eigenvalue weighted by Gasteiger charge is 2.23. The molecule has 0 fully saturated rings. The van der Waals surface area contributed by atoms with Gasteiger partial charge in [-0.15, -0.1) is 0 Å². The van der Waals surface area contributed by atoms with E-state index < -0.39 is 0 Å². The molecule has 1 rings (SSSR count). The molecular formula is C16H24O. The van der Waals surface area contributed by atoms with Crippen LogP contribution in [0.5, 0.6) is 0 Å². The largest absolute Gasteiger partial charge is 0.294 e. The normalized spacial score (nSPS) is 12.7. The van der Waals surface area contributed by atoms with Gasteiger partial charge in [-0.1, -0.05) is 76.8 Å². The lowest BCUT2D eigenvalue weighted by Crippen LogP contribution is -2.21. The fourth-order valence-electron chi connectivity index (χ4n) is 2.47. The molecule has 0 heterocycles. The number of hydrogen-bond donors (Lipinski definition) is 0. The van der Waals surface area contributed by atoms with Gasteiger partial charge in [0.25, 0.3) is 0 Å². The predicted molar refractivity (Wildman–Crippen MR) is 73.2 cm³/mol. The van der Waals surface area contributed by atoms with Crippen LogP contribution in [0.2, 0.25) is 0 Å². The third kappa shape index (κ3) is 3.99. The highest BCUT2D eigenvalue weighted by atomic mass is 16.1. The van der Waals surface area contributed by atoms with Crippen molar-refractivity contribution in [3.8, 4) is 0 Å². The zero-order valence-corrected chi connectivity index (χ0v) is 11.3. The van der Waals surface area contributed by atoms with Crippen LogP contribution in [0.3, 0.4) is 0 Å². The molecule has 0 spiro atoms. The van der Waals surface area contributed by atoms with Crippen LogP contribution in [0, 0.1) is 11.8 Å². The van der Waals surface area contributed by atoms with Gasteiger partial charge in [-0.3, -0.25) is 4.79 Å². The fourth-order valence-corrected chi connectivity index (χ4v) is 2.47. The second-order valence-corrected chi connectivity index (χ2v) is 4.86. The SMILES string of the molecule is CCCC(CCC)C(C)C(=O)c1ccccc1. The Balaban J connectivity index is 2.73. The lowest BCUT2D eigenvalue weighted by atomic mass is 9.82. The van der Waals surface area contributed by atoms with Crippen LogP contribution in [-0.2, 0) is 0 Å². The van der Waals surface area contributed by atoms with Gasteiger partial charge in [-0.25, -0.2) is 0 Å². The molecule has 0 radical (unpaired) electrons. The Labute approximate surface area is 105 Å².